The van der Waals surface area contributed by atoms with Gasteiger partial charge in [-0.3, -0.25) is 0 Å². The Hall–Kier alpha value is -2.57. The van der Waals surface area contributed by atoms with E-state index in [1.807, 2.05) is 30.3 Å². The molecule has 1 aromatic heterocycles. The first kappa shape index (κ1) is 18.8. The van der Waals surface area contributed by atoms with E-state index in [4.69, 9.17) is 19.6 Å². The number of rotatable bonds is 6. The van der Waals surface area contributed by atoms with Gasteiger partial charge in [0.05, 0.1) is 7.11 Å². The Bertz CT molecular complexity index is 835. The zero-order chi connectivity index (χ0) is 16.9. The fraction of sp³-hybridized carbons (Fsp3) is 0.222. The summed E-state index contributed by atoms with van der Waals surface area (Å²) in [5.74, 6) is -0.168. The average molecular weight is 363 g/mol. The van der Waals surface area contributed by atoms with Crippen molar-refractivity contribution in [3.63, 3.8) is 0 Å². The minimum Gasteiger partial charge on any atom is -0.491 e. The Labute approximate surface area is 151 Å². The lowest BCUT2D eigenvalue weighted by Crippen LogP contribution is -2.30. The summed E-state index contributed by atoms with van der Waals surface area (Å²) in [6, 6.07) is 13.1. The fourth-order valence-corrected chi connectivity index (χ4v) is 2.50. The molecular formula is C18H19ClN2O4. The quantitative estimate of drug-likeness (QED) is 0.678. The van der Waals surface area contributed by atoms with Gasteiger partial charge in [0, 0.05) is 6.04 Å². The summed E-state index contributed by atoms with van der Waals surface area (Å²) < 4.78 is 15.9. The van der Waals surface area contributed by atoms with Crippen LogP contribution < -0.4 is 10.5 Å². The van der Waals surface area contributed by atoms with E-state index in [1.165, 1.54) is 13.5 Å². The Balaban J connectivity index is 0.00000225. The van der Waals surface area contributed by atoms with Crippen molar-refractivity contribution in [2.24, 2.45) is 5.73 Å². The van der Waals surface area contributed by atoms with Gasteiger partial charge in [0.25, 0.3) is 0 Å². The lowest BCUT2D eigenvalue weighted by molar-refractivity contribution is 0.0596. The molecule has 0 bridgehead atoms. The van der Waals surface area contributed by atoms with Crippen LogP contribution in [0.3, 0.4) is 0 Å². The summed E-state index contributed by atoms with van der Waals surface area (Å²) in [4.78, 5) is 16.1. The van der Waals surface area contributed by atoms with Crippen LogP contribution in [0.15, 0.2) is 53.3 Å². The zero-order valence-corrected chi connectivity index (χ0v) is 14.5. The first-order chi connectivity index (χ1) is 11.7. The highest BCUT2D eigenvalue weighted by Crippen LogP contribution is 2.28. The number of nitrogens with zero attached hydrogens (tertiary/aromatic N) is 1. The number of esters is 1. The number of fused-ring (bicyclic) bond motifs is 1. The Morgan fingerprint density at radius 3 is 2.72 bits per heavy atom. The minimum atomic E-state index is -0.538. The van der Waals surface area contributed by atoms with Crippen LogP contribution in [0.4, 0.5) is 0 Å². The van der Waals surface area contributed by atoms with Crippen LogP contribution >= 0.6 is 12.4 Å². The summed E-state index contributed by atoms with van der Waals surface area (Å²) in [5, 5.41) is 0. The highest BCUT2D eigenvalue weighted by Gasteiger charge is 2.21. The Morgan fingerprint density at radius 2 is 2.00 bits per heavy atom. The molecule has 1 unspecified atom stereocenters. The Kier molecular flexibility index (Phi) is 6.38. The molecular weight excluding hydrogens is 344 g/mol. The van der Waals surface area contributed by atoms with E-state index < -0.39 is 5.97 Å². The number of carbonyl (C=O) groups excluding carboxylic acids is 1. The predicted octanol–water partition coefficient (Wildman–Crippen LogP) is 2.99. The summed E-state index contributed by atoms with van der Waals surface area (Å²) in [7, 11) is 1.31. The van der Waals surface area contributed by atoms with Crippen LogP contribution in [0.1, 0.15) is 15.9 Å². The number of ether oxygens (including phenoxy) is 2. The van der Waals surface area contributed by atoms with Gasteiger partial charge in [0.1, 0.15) is 23.4 Å². The standard InChI is InChI=1S/C18H18N2O4.ClH/c1-22-18(21)16-15(8-7-14-17(16)24-11-20-14)23-10-13(19)9-12-5-3-2-4-6-12;/h2-8,11,13H,9-10,19H2,1H3;1H. The Morgan fingerprint density at radius 1 is 1.24 bits per heavy atom. The topological polar surface area (TPSA) is 87.6 Å². The van der Waals surface area contributed by atoms with Crippen LogP contribution in [0, 0.1) is 0 Å². The number of halogens is 1. The van der Waals surface area contributed by atoms with Gasteiger partial charge in [-0.2, -0.15) is 0 Å². The first-order valence-electron chi connectivity index (χ1n) is 7.56. The molecule has 3 rings (SSSR count). The van der Waals surface area contributed by atoms with E-state index >= 15 is 0 Å². The molecule has 0 fully saturated rings. The van der Waals surface area contributed by atoms with Crippen LogP contribution in [0.25, 0.3) is 11.1 Å². The fourth-order valence-electron chi connectivity index (χ4n) is 2.50. The third kappa shape index (κ3) is 4.29. The molecule has 6 nitrogen and oxygen atoms in total. The normalized spacial score (nSPS) is 11.6. The van der Waals surface area contributed by atoms with Crippen molar-refractivity contribution in [3.05, 3.63) is 60.0 Å². The SMILES string of the molecule is COC(=O)c1c(OCC(N)Cc2ccccc2)ccc2ncoc12.Cl. The van der Waals surface area contributed by atoms with Crippen molar-refractivity contribution in [2.45, 2.75) is 12.5 Å². The van der Waals surface area contributed by atoms with Gasteiger partial charge in [-0.1, -0.05) is 30.3 Å². The first-order valence-corrected chi connectivity index (χ1v) is 7.56. The number of carbonyl (C=O) groups is 1. The second-order valence-corrected chi connectivity index (χ2v) is 5.39. The molecule has 3 aromatic rings. The van der Waals surface area contributed by atoms with Gasteiger partial charge in [0.2, 0.25) is 0 Å². The lowest BCUT2D eigenvalue weighted by Gasteiger charge is -2.15. The molecule has 2 aromatic carbocycles. The van der Waals surface area contributed by atoms with E-state index in [1.54, 1.807) is 12.1 Å². The van der Waals surface area contributed by atoms with Crippen LogP contribution in [0.2, 0.25) is 0 Å². The van der Waals surface area contributed by atoms with Crippen molar-refractivity contribution in [1.29, 1.82) is 0 Å². The number of aromatic nitrogens is 1. The maximum atomic E-state index is 12.1. The second-order valence-electron chi connectivity index (χ2n) is 5.39. The summed E-state index contributed by atoms with van der Waals surface area (Å²) >= 11 is 0. The van der Waals surface area contributed by atoms with Crippen LogP contribution in [-0.2, 0) is 11.2 Å². The third-order valence-electron chi connectivity index (χ3n) is 3.64. The number of nitrogens with two attached hydrogens (primary N) is 1. The molecule has 0 saturated carbocycles. The highest BCUT2D eigenvalue weighted by atomic mass is 35.5. The number of methoxy groups -OCH3 is 1. The minimum absolute atomic E-state index is 0. The van der Waals surface area contributed by atoms with E-state index in [9.17, 15) is 4.79 Å². The molecule has 0 aliphatic rings. The van der Waals surface area contributed by atoms with Crippen LogP contribution in [0.5, 0.6) is 5.75 Å². The zero-order valence-electron chi connectivity index (χ0n) is 13.7. The van der Waals surface area contributed by atoms with Crippen molar-refractivity contribution >= 4 is 29.5 Å². The molecule has 0 saturated heterocycles. The second kappa shape index (κ2) is 8.50. The lowest BCUT2D eigenvalue weighted by atomic mass is 10.1. The molecule has 1 heterocycles. The van der Waals surface area contributed by atoms with Gasteiger partial charge < -0.3 is 19.6 Å². The number of hydrogen-bond donors (Lipinski definition) is 1. The van der Waals surface area contributed by atoms with Crippen molar-refractivity contribution < 1.29 is 18.7 Å². The molecule has 0 aliphatic carbocycles. The average Bonchev–Trinajstić information content (AvgIpc) is 3.08. The summed E-state index contributed by atoms with van der Waals surface area (Å²) in [6.45, 7) is 0.262. The molecule has 25 heavy (non-hydrogen) atoms. The van der Waals surface area contributed by atoms with E-state index in [0.29, 0.717) is 23.3 Å². The van der Waals surface area contributed by atoms with E-state index in [0.717, 1.165) is 5.56 Å². The van der Waals surface area contributed by atoms with Gasteiger partial charge >= 0.3 is 5.97 Å². The summed E-state index contributed by atoms with van der Waals surface area (Å²) in [5.41, 5.74) is 8.39. The molecule has 0 spiro atoms. The van der Waals surface area contributed by atoms with Crippen molar-refractivity contribution in [2.75, 3.05) is 13.7 Å². The van der Waals surface area contributed by atoms with Crippen LogP contribution in [-0.4, -0.2) is 30.7 Å². The molecule has 0 amide bonds. The predicted molar refractivity (Wildman–Crippen MR) is 96.2 cm³/mol. The summed E-state index contributed by atoms with van der Waals surface area (Å²) in [6.07, 6.45) is 1.96. The molecule has 2 N–H and O–H groups in total. The maximum absolute atomic E-state index is 12.1. The van der Waals surface area contributed by atoms with E-state index in [-0.39, 0.29) is 30.6 Å². The van der Waals surface area contributed by atoms with Gasteiger partial charge in [-0.25, -0.2) is 9.78 Å². The molecule has 7 heteroatoms. The van der Waals surface area contributed by atoms with Gasteiger partial charge in [0.15, 0.2) is 12.0 Å². The maximum Gasteiger partial charge on any atom is 0.345 e. The van der Waals surface area contributed by atoms with Gasteiger partial charge in [-0.05, 0) is 24.1 Å². The third-order valence-corrected chi connectivity index (χ3v) is 3.64. The van der Waals surface area contributed by atoms with E-state index in [2.05, 4.69) is 4.98 Å². The monoisotopic (exact) mass is 362 g/mol. The molecule has 1 atom stereocenters. The highest BCUT2D eigenvalue weighted by molar-refractivity contribution is 6.03. The number of oxazole rings is 1. The number of hydrogen-bond acceptors (Lipinski definition) is 6. The molecule has 0 radical (unpaired) electrons. The molecule has 0 aliphatic heterocycles. The van der Waals surface area contributed by atoms with Crippen molar-refractivity contribution in [1.82, 2.24) is 4.98 Å². The molecule has 132 valence electrons. The smallest absolute Gasteiger partial charge is 0.345 e. The van der Waals surface area contributed by atoms with Crippen molar-refractivity contribution in [3.8, 4) is 5.75 Å². The largest absolute Gasteiger partial charge is 0.491 e. The number of benzene rings is 2. The van der Waals surface area contributed by atoms with Gasteiger partial charge in [-0.15, -0.1) is 12.4 Å².